The van der Waals surface area contributed by atoms with Gasteiger partial charge in [0.1, 0.15) is 0 Å². The van der Waals surface area contributed by atoms with E-state index < -0.39 is 0 Å². The molecule has 116 valence electrons. The van der Waals surface area contributed by atoms with Gasteiger partial charge in [-0.3, -0.25) is 19.1 Å². The second-order valence-electron chi connectivity index (χ2n) is 4.89. The Bertz CT molecular complexity index is 873. The number of ketones is 1. The maximum absolute atomic E-state index is 12.1. The molecule has 0 saturated heterocycles. The summed E-state index contributed by atoms with van der Waals surface area (Å²) >= 11 is 1.47. The van der Waals surface area contributed by atoms with E-state index >= 15 is 0 Å². The summed E-state index contributed by atoms with van der Waals surface area (Å²) in [5.74, 6) is 0.308. The number of aromatic nitrogens is 3. The van der Waals surface area contributed by atoms with Crippen molar-refractivity contribution in [3.8, 4) is 11.3 Å². The fourth-order valence-electron chi connectivity index (χ4n) is 2.05. The minimum atomic E-state index is -0.197. The van der Waals surface area contributed by atoms with Gasteiger partial charge >= 0.3 is 0 Å². The second kappa shape index (κ2) is 6.53. The number of anilines is 1. The molecule has 3 aromatic rings. The summed E-state index contributed by atoms with van der Waals surface area (Å²) in [6, 6.07) is 6.79. The van der Waals surface area contributed by atoms with Gasteiger partial charge in [-0.05, 0) is 23.6 Å². The molecule has 0 amide bonds. The first-order valence-corrected chi connectivity index (χ1v) is 7.87. The van der Waals surface area contributed by atoms with E-state index in [0.717, 1.165) is 5.56 Å². The molecule has 7 heteroatoms. The Morgan fingerprint density at radius 3 is 2.78 bits per heavy atom. The van der Waals surface area contributed by atoms with E-state index in [4.69, 9.17) is 0 Å². The number of pyridine rings is 1. The normalized spacial score (nSPS) is 10.5. The van der Waals surface area contributed by atoms with Gasteiger partial charge in [0.05, 0.1) is 12.2 Å². The Morgan fingerprint density at radius 2 is 2.09 bits per heavy atom. The molecule has 3 aromatic heterocycles. The summed E-state index contributed by atoms with van der Waals surface area (Å²) in [5.41, 5.74) is 1.79. The molecule has 0 fully saturated rings. The molecule has 0 saturated carbocycles. The molecule has 3 rings (SSSR count). The lowest BCUT2D eigenvalue weighted by Crippen LogP contribution is -2.24. The van der Waals surface area contributed by atoms with Crippen molar-refractivity contribution in [2.75, 3.05) is 11.9 Å². The summed E-state index contributed by atoms with van der Waals surface area (Å²) in [6.07, 6.45) is 3.28. The van der Waals surface area contributed by atoms with Crippen molar-refractivity contribution in [3.05, 3.63) is 63.3 Å². The van der Waals surface area contributed by atoms with E-state index in [0.29, 0.717) is 17.2 Å². The van der Waals surface area contributed by atoms with E-state index in [1.807, 2.05) is 5.38 Å². The molecule has 3 heterocycles. The van der Waals surface area contributed by atoms with Crippen molar-refractivity contribution in [3.63, 3.8) is 0 Å². The molecule has 0 bridgehead atoms. The fourth-order valence-corrected chi connectivity index (χ4v) is 2.71. The van der Waals surface area contributed by atoms with Gasteiger partial charge in [0.15, 0.2) is 5.78 Å². The number of carbonyl (C=O) groups excluding carboxylic acids is 1. The van der Waals surface area contributed by atoms with Crippen LogP contribution in [0.4, 0.5) is 5.95 Å². The van der Waals surface area contributed by atoms with Crippen LogP contribution in [0.5, 0.6) is 0 Å². The monoisotopic (exact) mass is 326 g/mol. The molecule has 23 heavy (non-hydrogen) atoms. The first-order valence-electron chi connectivity index (χ1n) is 6.93. The zero-order valence-corrected chi connectivity index (χ0v) is 13.2. The standard InChI is InChI=1S/C16H14N4O2S/c1-20-15(22)8-13(11-2-5-17-6-3-11)19-16(20)18-9-14(21)12-4-7-23-10-12/h2-8,10H,9H2,1H3,(H,18,19). The average Bonchev–Trinajstić information content (AvgIpc) is 3.11. The van der Waals surface area contributed by atoms with Gasteiger partial charge in [-0.15, -0.1) is 0 Å². The second-order valence-corrected chi connectivity index (χ2v) is 5.67. The van der Waals surface area contributed by atoms with Crippen LogP contribution in [0.2, 0.25) is 0 Å². The van der Waals surface area contributed by atoms with Crippen LogP contribution in [0.1, 0.15) is 10.4 Å². The molecule has 0 unspecified atom stereocenters. The maximum atomic E-state index is 12.1. The number of nitrogens with one attached hydrogen (secondary N) is 1. The summed E-state index contributed by atoms with van der Waals surface area (Å²) in [4.78, 5) is 32.5. The quantitative estimate of drug-likeness (QED) is 0.727. The van der Waals surface area contributed by atoms with Crippen molar-refractivity contribution in [2.45, 2.75) is 0 Å². The van der Waals surface area contributed by atoms with Crippen molar-refractivity contribution in [1.82, 2.24) is 14.5 Å². The van der Waals surface area contributed by atoms with Gasteiger partial charge in [-0.2, -0.15) is 11.3 Å². The van der Waals surface area contributed by atoms with Crippen LogP contribution >= 0.6 is 11.3 Å². The van der Waals surface area contributed by atoms with Gasteiger partial charge in [0.25, 0.3) is 5.56 Å². The van der Waals surface area contributed by atoms with Crippen LogP contribution in [0, 0.1) is 0 Å². The molecule has 1 N–H and O–H groups in total. The third-order valence-corrected chi connectivity index (χ3v) is 4.04. The highest BCUT2D eigenvalue weighted by Crippen LogP contribution is 2.15. The van der Waals surface area contributed by atoms with E-state index in [2.05, 4.69) is 15.3 Å². The van der Waals surface area contributed by atoms with Crippen LogP contribution in [-0.2, 0) is 7.05 Å². The smallest absolute Gasteiger partial charge is 0.255 e. The number of hydrogen-bond acceptors (Lipinski definition) is 6. The topological polar surface area (TPSA) is 76.9 Å². The van der Waals surface area contributed by atoms with E-state index in [1.54, 1.807) is 43.0 Å². The molecule has 6 nitrogen and oxygen atoms in total. The Kier molecular flexibility index (Phi) is 4.29. The third-order valence-electron chi connectivity index (χ3n) is 3.36. The molecule has 0 radical (unpaired) electrons. The third kappa shape index (κ3) is 3.35. The summed E-state index contributed by atoms with van der Waals surface area (Å²) < 4.78 is 1.38. The zero-order valence-electron chi connectivity index (χ0n) is 12.4. The van der Waals surface area contributed by atoms with Gasteiger partial charge in [-0.25, -0.2) is 4.98 Å². The molecule has 0 aromatic carbocycles. The van der Waals surface area contributed by atoms with E-state index in [1.165, 1.54) is 22.0 Å². The Hall–Kier alpha value is -2.80. The van der Waals surface area contributed by atoms with Crippen LogP contribution in [0.3, 0.4) is 0 Å². The van der Waals surface area contributed by atoms with Crippen molar-refractivity contribution in [1.29, 1.82) is 0 Å². The summed E-state index contributed by atoms with van der Waals surface area (Å²) in [5, 5.41) is 6.59. The van der Waals surface area contributed by atoms with E-state index in [9.17, 15) is 9.59 Å². The van der Waals surface area contributed by atoms with Crippen LogP contribution in [0.25, 0.3) is 11.3 Å². The first kappa shape index (κ1) is 15.1. The maximum Gasteiger partial charge on any atom is 0.255 e. The van der Waals surface area contributed by atoms with Crippen LogP contribution in [-0.4, -0.2) is 26.9 Å². The van der Waals surface area contributed by atoms with Crippen molar-refractivity contribution < 1.29 is 4.79 Å². The molecule has 0 aliphatic carbocycles. The number of rotatable bonds is 5. The molecular weight excluding hydrogens is 312 g/mol. The fraction of sp³-hybridized carbons (Fsp3) is 0.125. The lowest BCUT2D eigenvalue weighted by molar-refractivity contribution is 0.101. The summed E-state index contributed by atoms with van der Waals surface area (Å²) in [6.45, 7) is 0.0802. The highest BCUT2D eigenvalue weighted by Gasteiger charge is 2.10. The predicted molar refractivity (Wildman–Crippen MR) is 89.8 cm³/mol. The number of Topliss-reactive ketones (excluding diaryl/α,β-unsaturated/α-hetero) is 1. The average molecular weight is 326 g/mol. The summed E-state index contributed by atoms with van der Waals surface area (Å²) in [7, 11) is 1.61. The predicted octanol–water partition coefficient (Wildman–Crippen LogP) is 2.20. The van der Waals surface area contributed by atoms with Crippen molar-refractivity contribution in [2.24, 2.45) is 7.05 Å². The largest absolute Gasteiger partial charge is 0.348 e. The molecule has 0 aliphatic rings. The molecular formula is C16H14N4O2S. The van der Waals surface area contributed by atoms with Gasteiger partial charge in [0.2, 0.25) is 5.95 Å². The van der Waals surface area contributed by atoms with E-state index in [-0.39, 0.29) is 17.9 Å². The number of hydrogen-bond donors (Lipinski definition) is 1. The van der Waals surface area contributed by atoms with Gasteiger partial charge in [-0.1, -0.05) is 0 Å². The van der Waals surface area contributed by atoms with Crippen LogP contribution in [0.15, 0.2) is 52.2 Å². The Balaban J connectivity index is 1.86. The van der Waals surface area contributed by atoms with Crippen LogP contribution < -0.4 is 10.9 Å². The number of nitrogens with zero attached hydrogens (tertiary/aromatic N) is 3. The van der Waals surface area contributed by atoms with Crippen molar-refractivity contribution >= 4 is 23.1 Å². The zero-order chi connectivity index (χ0) is 16.2. The first-order chi connectivity index (χ1) is 11.1. The number of thiophene rings is 1. The Labute approximate surface area is 136 Å². The highest BCUT2D eigenvalue weighted by molar-refractivity contribution is 7.08. The lowest BCUT2D eigenvalue weighted by atomic mass is 10.2. The minimum absolute atomic E-state index is 0.0465. The highest BCUT2D eigenvalue weighted by atomic mass is 32.1. The van der Waals surface area contributed by atoms with Gasteiger partial charge < -0.3 is 5.32 Å². The minimum Gasteiger partial charge on any atom is -0.348 e. The molecule has 0 spiro atoms. The lowest BCUT2D eigenvalue weighted by Gasteiger charge is -2.11. The Morgan fingerprint density at radius 1 is 1.30 bits per heavy atom. The van der Waals surface area contributed by atoms with Gasteiger partial charge in [0, 0.05) is 42.0 Å². The SMILES string of the molecule is Cn1c(NCC(=O)c2ccsc2)nc(-c2ccncc2)cc1=O. The number of carbonyl (C=O) groups is 1. The molecule has 0 aliphatic heterocycles. The molecule has 0 atom stereocenters.